The number of aromatic nitrogens is 3. The number of pyridine rings is 1. The third-order valence-corrected chi connectivity index (χ3v) is 3.78. The first kappa shape index (κ1) is 16.8. The van der Waals surface area contributed by atoms with E-state index in [1.54, 1.807) is 36.4 Å². The van der Waals surface area contributed by atoms with E-state index < -0.39 is 6.55 Å². The SMILES string of the molecule is COc1ccc(C(=O)N(C)Cc2nc3ccccc3n2C(F)F)cn1. The third-order valence-electron chi connectivity index (χ3n) is 3.78. The van der Waals surface area contributed by atoms with Gasteiger partial charge in [0.05, 0.1) is 30.3 Å². The summed E-state index contributed by atoms with van der Waals surface area (Å²) in [5.74, 6) is 0.162. The highest BCUT2D eigenvalue weighted by atomic mass is 19.3. The summed E-state index contributed by atoms with van der Waals surface area (Å²) in [6.45, 7) is -2.79. The average molecular weight is 346 g/mol. The fourth-order valence-corrected chi connectivity index (χ4v) is 2.56. The molecule has 2 aromatic heterocycles. The van der Waals surface area contributed by atoms with Crippen molar-refractivity contribution in [1.29, 1.82) is 0 Å². The van der Waals surface area contributed by atoms with Crippen LogP contribution in [0, 0.1) is 0 Å². The maximum atomic E-state index is 13.4. The summed E-state index contributed by atoms with van der Waals surface area (Å²) >= 11 is 0. The minimum atomic E-state index is -2.74. The van der Waals surface area contributed by atoms with Gasteiger partial charge in [0.1, 0.15) is 5.82 Å². The van der Waals surface area contributed by atoms with Crippen molar-refractivity contribution in [3.05, 3.63) is 54.0 Å². The van der Waals surface area contributed by atoms with Crippen molar-refractivity contribution in [2.45, 2.75) is 13.1 Å². The molecule has 0 saturated carbocycles. The first-order valence-electron chi connectivity index (χ1n) is 7.50. The zero-order chi connectivity index (χ0) is 18.0. The summed E-state index contributed by atoms with van der Waals surface area (Å²) in [5, 5.41) is 0. The van der Waals surface area contributed by atoms with E-state index in [2.05, 4.69) is 9.97 Å². The van der Waals surface area contributed by atoms with Crippen molar-refractivity contribution in [2.24, 2.45) is 0 Å². The third kappa shape index (κ3) is 3.28. The van der Waals surface area contributed by atoms with Crippen LogP contribution in [0.4, 0.5) is 8.78 Å². The Bertz CT molecular complexity index is 893. The molecule has 3 aromatic rings. The number of fused-ring (bicyclic) bond motifs is 1. The maximum absolute atomic E-state index is 13.4. The van der Waals surface area contributed by atoms with Crippen molar-refractivity contribution in [2.75, 3.05) is 14.2 Å². The lowest BCUT2D eigenvalue weighted by Crippen LogP contribution is -2.28. The Morgan fingerprint density at radius 2 is 2.04 bits per heavy atom. The van der Waals surface area contributed by atoms with E-state index >= 15 is 0 Å². The topological polar surface area (TPSA) is 60.2 Å². The summed E-state index contributed by atoms with van der Waals surface area (Å²) in [4.78, 5) is 22.0. The van der Waals surface area contributed by atoms with Crippen LogP contribution in [-0.4, -0.2) is 39.5 Å². The molecule has 0 unspecified atom stereocenters. The molecule has 0 N–H and O–H groups in total. The molecule has 0 radical (unpaired) electrons. The van der Waals surface area contributed by atoms with Crippen LogP contribution in [0.1, 0.15) is 22.7 Å². The number of ether oxygens (including phenoxy) is 1. The second-order valence-corrected chi connectivity index (χ2v) is 5.41. The minimum Gasteiger partial charge on any atom is -0.481 e. The molecular weight excluding hydrogens is 330 g/mol. The Balaban J connectivity index is 1.87. The molecule has 8 heteroatoms. The molecule has 0 aliphatic carbocycles. The lowest BCUT2D eigenvalue weighted by atomic mass is 10.2. The van der Waals surface area contributed by atoms with Crippen LogP contribution >= 0.6 is 0 Å². The molecular formula is C17H16F2N4O2. The number of imidazole rings is 1. The highest BCUT2D eigenvalue weighted by Crippen LogP contribution is 2.24. The normalized spacial score (nSPS) is 11.1. The monoisotopic (exact) mass is 346 g/mol. The van der Waals surface area contributed by atoms with Crippen LogP contribution in [0.3, 0.4) is 0 Å². The van der Waals surface area contributed by atoms with Crippen LogP contribution in [0.25, 0.3) is 11.0 Å². The number of para-hydroxylation sites is 2. The highest BCUT2D eigenvalue weighted by Gasteiger charge is 2.21. The predicted octanol–water partition coefficient (Wildman–Crippen LogP) is 3.11. The van der Waals surface area contributed by atoms with Gasteiger partial charge in [-0.3, -0.25) is 9.36 Å². The molecule has 6 nitrogen and oxygen atoms in total. The minimum absolute atomic E-state index is 0.0517. The molecule has 0 saturated heterocycles. The summed E-state index contributed by atoms with van der Waals surface area (Å²) in [6, 6.07) is 9.77. The molecule has 0 spiro atoms. The number of alkyl halides is 2. The predicted molar refractivity (Wildman–Crippen MR) is 87.6 cm³/mol. The van der Waals surface area contributed by atoms with Crippen molar-refractivity contribution in [3.8, 4) is 5.88 Å². The van der Waals surface area contributed by atoms with Gasteiger partial charge in [0.25, 0.3) is 5.91 Å². The van der Waals surface area contributed by atoms with Crippen LogP contribution < -0.4 is 4.74 Å². The number of nitrogens with zero attached hydrogens (tertiary/aromatic N) is 4. The Labute approximate surface area is 142 Å². The van der Waals surface area contributed by atoms with Crippen molar-refractivity contribution >= 4 is 16.9 Å². The summed E-state index contributed by atoms with van der Waals surface area (Å²) < 4.78 is 32.7. The van der Waals surface area contributed by atoms with Gasteiger partial charge >= 0.3 is 6.55 Å². The average Bonchev–Trinajstić information content (AvgIpc) is 2.99. The van der Waals surface area contributed by atoms with Gasteiger partial charge in [-0.15, -0.1) is 0 Å². The first-order chi connectivity index (χ1) is 12.0. The Hall–Kier alpha value is -3.03. The van der Waals surface area contributed by atoms with Gasteiger partial charge < -0.3 is 9.64 Å². The number of benzene rings is 1. The van der Waals surface area contributed by atoms with E-state index in [1.165, 1.54) is 25.3 Å². The van der Waals surface area contributed by atoms with E-state index in [0.29, 0.717) is 22.5 Å². The number of amides is 1. The Morgan fingerprint density at radius 1 is 1.28 bits per heavy atom. The summed E-state index contributed by atoms with van der Waals surface area (Å²) in [7, 11) is 3.01. The van der Waals surface area contributed by atoms with Gasteiger partial charge in [-0.2, -0.15) is 8.78 Å². The largest absolute Gasteiger partial charge is 0.481 e. The molecule has 130 valence electrons. The smallest absolute Gasteiger partial charge is 0.320 e. The summed E-state index contributed by atoms with van der Waals surface area (Å²) in [6.07, 6.45) is 1.38. The van der Waals surface area contributed by atoms with Crippen LogP contribution in [-0.2, 0) is 6.54 Å². The zero-order valence-electron chi connectivity index (χ0n) is 13.7. The lowest BCUT2D eigenvalue weighted by Gasteiger charge is -2.17. The quantitative estimate of drug-likeness (QED) is 0.712. The van der Waals surface area contributed by atoms with Crippen LogP contribution in [0.5, 0.6) is 5.88 Å². The molecule has 0 aliphatic rings. The fraction of sp³-hybridized carbons (Fsp3) is 0.235. The lowest BCUT2D eigenvalue weighted by molar-refractivity contribution is 0.0646. The van der Waals surface area contributed by atoms with E-state index in [-0.39, 0.29) is 18.3 Å². The molecule has 0 bridgehead atoms. The van der Waals surface area contributed by atoms with E-state index in [1.807, 2.05) is 0 Å². The van der Waals surface area contributed by atoms with Gasteiger partial charge in [-0.1, -0.05) is 12.1 Å². The second kappa shape index (κ2) is 6.84. The van der Waals surface area contributed by atoms with Crippen LogP contribution in [0.2, 0.25) is 0 Å². The standard InChI is InChI=1S/C17H16F2N4O2/c1-22(16(24)11-7-8-15(25-2)20-9-11)10-14-21-12-5-3-4-6-13(12)23(14)17(18)19/h3-9,17H,10H2,1-2H3. The molecule has 3 rings (SSSR count). The number of hydrogen-bond acceptors (Lipinski definition) is 4. The molecule has 1 aromatic carbocycles. The Kier molecular flexibility index (Phi) is 4.60. The molecule has 0 atom stereocenters. The number of methoxy groups -OCH3 is 1. The highest BCUT2D eigenvalue weighted by molar-refractivity contribution is 5.93. The van der Waals surface area contributed by atoms with Gasteiger partial charge in [0, 0.05) is 19.3 Å². The van der Waals surface area contributed by atoms with E-state index in [0.717, 1.165) is 4.57 Å². The summed E-state index contributed by atoms with van der Waals surface area (Å²) in [5.41, 5.74) is 1.13. The molecule has 0 fully saturated rings. The number of hydrogen-bond donors (Lipinski definition) is 0. The van der Waals surface area contributed by atoms with Gasteiger partial charge in [-0.05, 0) is 18.2 Å². The number of halogens is 2. The number of rotatable bonds is 5. The first-order valence-corrected chi connectivity index (χ1v) is 7.50. The van der Waals surface area contributed by atoms with Crippen LogP contribution in [0.15, 0.2) is 42.6 Å². The molecule has 0 aliphatic heterocycles. The second-order valence-electron chi connectivity index (χ2n) is 5.41. The van der Waals surface area contributed by atoms with Gasteiger partial charge in [-0.25, -0.2) is 9.97 Å². The molecule has 1 amide bonds. The fourth-order valence-electron chi connectivity index (χ4n) is 2.56. The van der Waals surface area contributed by atoms with E-state index in [4.69, 9.17) is 4.74 Å². The zero-order valence-corrected chi connectivity index (χ0v) is 13.7. The Morgan fingerprint density at radius 3 is 2.68 bits per heavy atom. The number of carbonyl (C=O) groups is 1. The van der Waals surface area contributed by atoms with Gasteiger partial charge in [0.2, 0.25) is 5.88 Å². The van der Waals surface area contributed by atoms with Crippen molar-refractivity contribution < 1.29 is 18.3 Å². The molecule has 2 heterocycles. The molecule has 25 heavy (non-hydrogen) atoms. The maximum Gasteiger partial charge on any atom is 0.320 e. The van der Waals surface area contributed by atoms with Crippen molar-refractivity contribution in [3.63, 3.8) is 0 Å². The van der Waals surface area contributed by atoms with E-state index in [9.17, 15) is 13.6 Å². The van der Waals surface area contributed by atoms with Gasteiger partial charge in [0.15, 0.2) is 0 Å². The van der Waals surface area contributed by atoms with Crippen molar-refractivity contribution in [1.82, 2.24) is 19.4 Å². The number of carbonyl (C=O) groups excluding carboxylic acids is 1.